The summed E-state index contributed by atoms with van der Waals surface area (Å²) in [4.78, 5) is 2.68. The van der Waals surface area contributed by atoms with Crippen molar-refractivity contribution in [2.75, 3.05) is 26.2 Å². The molecule has 0 aromatic heterocycles. The summed E-state index contributed by atoms with van der Waals surface area (Å²) in [6.45, 7) is 14.3. The lowest BCUT2D eigenvalue weighted by Gasteiger charge is -2.38. The molecule has 1 rings (SSSR count). The summed E-state index contributed by atoms with van der Waals surface area (Å²) in [6.07, 6.45) is 5.41. The van der Waals surface area contributed by atoms with Crippen molar-refractivity contribution in [2.45, 2.75) is 59.4 Å². The maximum atomic E-state index is 3.65. The first-order valence-corrected chi connectivity index (χ1v) is 7.63. The van der Waals surface area contributed by atoms with Crippen LogP contribution >= 0.6 is 0 Å². The topological polar surface area (TPSA) is 15.3 Å². The predicted octanol–water partition coefficient (Wildman–Crippen LogP) is 3.13. The first kappa shape index (κ1) is 15.0. The van der Waals surface area contributed by atoms with E-state index >= 15 is 0 Å². The van der Waals surface area contributed by atoms with Gasteiger partial charge in [0, 0.05) is 12.6 Å². The molecule has 2 unspecified atom stereocenters. The van der Waals surface area contributed by atoms with Crippen molar-refractivity contribution in [2.24, 2.45) is 11.8 Å². The number of nitrogens with one attached hydrogen (secondary N) is 1. The fourth-order valence-electron chi connectivity index (χ4n) is 2.98. The van der Waals surface area contributed by atoms with E-state index in [4.69, 9.17) is 0 Å². The summed E-state index contributed by atoms with van der Waals surface area (Å²) >= 11 is 0. The molecule has 0 aromatic carbocycles. The summed E-state index contributed by atoms with van der Waals surface area (Å²) in [5.74, 6) is 1.72. The zero-order chi connectivity index (χ0) is 12.7. The molecule has 0 amide bonds. The zero-order valence-electron chi connectivity index (χ0n) is 12.3. The van der Waals surface area contributed by atoms with Crippen LogP contribution in [0.1, 0.15) is 53.4 Å². The van der Waals surface area contributed by atoms with E-state index in [2.05, 4.69) is 37.9 Å². The van der Waals surface area contributed by atoms with Crippen LogP contribution in [0.25, 0.3) is 0 Å². The first-order chi connectivity index (χ1) is 8.17. The standard InChI is InChI=1S/C15H32N2/c1-5-14-12-17(10-7-8-13(3)4)11-9-15(14)16-6-2/h13-16H,5-12H2,1-4H3. The Balaban J connectivity index is 2.27. The monoisotopic (exact) mass is 240 g/mol. The van der Waals surface area contributed by atoms with Gasteiger partial charge >= 0.3 is 0 Å². The van der Waals surface area contributed by atoms with Gasteiger partial charge in [0.2, 0.25) is 0 Å². The average molecular weight is 240 g/mol. The quantitative estimate of drug-likeness (QED) is 0.735. The summed E-state index contributed by atoms with van der Waals surface area (Å²) in [5, 5.41) is 3.65. The van der Waals surface area contributed by atoms with E-state index in [9.17, 15) is 0 Å². The van der Waals surface area contributed by atoms with Gasteiger partial charge in [-0.3, -0.25) is 0 Å². The molecule has 1 aliphatic heterocycles. The highest BCUT2D eigenvalue weighted by molar-refractivity contribution is 4.84. The molecule has 1 N–H and O–H groups in total. The number of rotatable bonds is 7. The largest absolute Gasteiger partial charge is 0.314 e. The second-order valence-electron chi connectivity index (χ2n) is 5.96. The van der Waals surface area contributed by atoms with Gasteiger partial charge in [-0.2, -0.15) is 0 Å². The third-order valence-electron chi connectivity index (χ3n) is 4.06. The number of hydrogen-bond acceptors (Lipinski definition) is 2. The van der Waals surface area contributed by atoms with E-state index in [-0.39, 0.29) is 0 Å². The fraction of sp³-hybridized carbons (Fsp3) is 1.00. The molecular weight excluding hydrogens is 208 g/mol. The molecule has 1 aliphatic rings. The summed E-state index contributed by atoms with van der Waals surface area (Å²) < 4.78 is 0. The Morgan fingerprint density at radius 2 is 2.06 bits per heavy atom. The molecule has 0 radical (unpaired) electrons. The molecule has 0 aromatic rings. The molecular formula is C15H32N2. The van der Waals surface area contributed by atoms with E-state index in [0.717, 1.165) is 24.4 Å². The zero-order valence-corrected chi connectivity index (χ0v) is 12.3. The minimum atomic E-state index is 0.770. The summed E-state index contributed by atoms with van der Waals surface area (Å²) in [5.41, 5.74) is 0. The Hall–Kier alpha value is -0.0800. The molecule has 1 fully saturated rings. The van der Waals surface area contributed by atoms with Gasteiger partial charge in [-0.1, -0.05) is 34.1 Å². The van der Waals surface area contributed by atoms with Crippen LogP contribution in [0.5, 0.6) is 0 Å². The van der Waals surface area contributed by atoms with Crippen molar-refractivity contribution in [1.82, 2.24) is 10.2 Å². The van der Waals surface area contributed by atoms with Gasteiger partial charge in [0.1, 0.15) is 0 Å². The Kier molecular flexibility index (Phi) is 7.14. The van der Waals surface area contributed by atoms with Gasteiger partial charge in [0.25, 0.3) is 0 Å². The van der Waals surface area contributed by atoms with Gasteiger partial charge in [-0.15, -0.1) is 0 Å². The molecule has 2 atom stereocenters. The lowest BCUT2D eigenvalue weighted by atomic mass is 9.89. The van der Waals surface area contributed by atoms with Gasteiger partial charge in [-0.05, 0) is 50.7 Å². The molecule has 1 heterocycles. The highest BCUT2D eigenvalue weighted by Gasteiger charge is 2.26. The van der Waals surface area contributed by atoms with Gasteiger partial charge in [-0.25, -0.2) is 0 Å². The number of nitrogens with zero attached hydrogens (tertiary/aromatic N) is 1. The fourth-order valence-corrected chi connectivity index (χ4v) is 2.98. The van der Waals surface area contributed by atoms with Crippen LogP contribution in [0.2, 0.25) is 0 Å². The average Bonchev–Trinajstić information content (AvgIpc) is 2.30. The van der Waals surface area contributed by atoms with Crippen molar-refractivity contribution in [1.29, 1.82) is 0 Å². The van der Waals surface area contributed by atoms with Gasteiger partial charge in [0.15, 0.2) is 0 Å². The van der Waals surface area contributed by atoms with Crippen LogP contribution in [0.3, 0.4) is 0 Å². The Bertz CT molecular complexity index is 191. The Morgan fingerprint density at radius 1 is 1.29 bits per heavy atom. The molecule has 102 valence electrons. The molecule has 0 bridgehead atoms. The molecule has 0 aliphatic carbocycles. The maximum absolute atomic E-state index is 3.65. The second kappa shape index (κ2) is 8.10. The minimum Gasteiger partial charge on any atom is -0.314 e. The maximum Gasteiger partial charge on any atom is 0.0119 e. The molecule has 17 heavy (non-hydrogen) atoms. The van der Waals surface area contributed by atoms with Gasteiger partial charge < -0.3 is 10.2 Å². The van der Waals surface area contributed by atoms with Gasteiger partial charge in [0.05, 0.1) is 0 Å². The van der Waals surface area contributed by atoms with Crippen LogP contribution in [0, 0.1) is 11.8 Å². The summed E-state index contributed by atoms with van der Waals surface area (Å²) in [7, 11) is 0. The van der Waals surface area contributed by atoms with E-state index < -0.39 is 0 Å². The van der Waals surface area contributed by atoms with Crippen LogP contribution in [-0.4, -0.2) is 37.1 Å². The van der Waals surface area contributed by atoms with Crippen molar-refractivity contribution in [3.63, 3.8) is 0 Å². The number of hydrogen-bond donors (Lipinski definition) is 1. The number of piperidine rings is 1. The normalized spacial score (nSPS) is 26.6. The first-order valence-electron chi connectivity index (χ1n) is 7.63. The van der Waals surface area contributed by atoms with Crippen LogP contribution in [0.15, 0.2) is 0 Å². The SMILES string of the molecule is CCNC1CCN(CCCC(C)C)CC1CC. The summed E-state index contributed by atoms with van der Waals surface area (Å²) in [6, 6.07) is 0.770. The van der Waals surface area contributed by atoms with Crippen LogP contribution in [0.4, 0.5) is 0 Å². The minimum absolute atomic E-state index is 0.770. The molecule has 0 saturated carbocycles. The lowest BCUT2D eigenvalue weighted by Crippen LogP contribution is -2.49. The van der Waals surface area contributed by atoms with E-state index in [0.29, 0.717) is 0 Å². The van der Waals surface area contributed by atoms with Crippen molar-refractivity contribution < 1.29 is 0 Å². The van der Waals surface area contributed by atoms with E-state index in [1.165, 1.54) is 45.3 Å². The molecule has 2 heteroatoms. The molecule has 2 nitrogen and oxygen atoms in total. The Labute approximate surface area is 108 Å². The van der Waals surface area contributed by atoms with Crippen molar-refractivity contribution in [3.05, 3.63) is 0 Å². The molecule has 0 spiro atoms. The highest BCUT2D eigenvalue weighted by Crippen LogP contribution is 2.20. The van der Waals surface area contributed by atoms with Crippen LogP contribution in [-0.2, 0) is 0 Å². The van der Waals surface area contributed by atoms with E-state index in [1.807, 2.05) is 0 Å². The smallest absolute Gasteiger partial charge is 0.0119 e. The van der Waals surface area contributed by atoms with Crippen molar-refractivity contribution >= 4 is 0 Å². The van der Waals surface area contributed by atoms with Crippen LogP contribution < -0.4 is 5.32 Å². The second-order valence-corrected chi connectivity index (χ2v) is 5.96. The lowest BCUT2D eigenvalue weighted by molar-refractivity contribution is 0.133. The highest BCUT2D eigenvalue weighted by atomic mass is 15.1. The van der Waals surface area contributed by atoms with E-state index in [1.54, 1.807) is 0 Å². The Morgan fingerprint density at radius 3 is 2.65 bits per heavy atom. The third-order valence-corrected chi connectivity index (χ3v) is 4.06. The number of likely N-dealkylation sites (tertiary alicyclic amines) is 1. The molecule has 1 saturated heterocycles. The predicted molar refractivity (Wildman–Crippen MR) is 76.4 cm³/mol. The van der Waals surface area contributed by atoms with Crippen molar-refractivity contribution in [3.8, 4) is 0 Å². The third kappa shape index (κ3) is 5.39.